The Labute approximate surface area is 162 Å². The smallest absolute Gasteiger partial charge is 0.226 e. The Bertz CT molecular complexity index is 912. The molecule has 7 heteroatoms. The number of rotatable bonds is 7. The number of carbonyl (C=O) groups excluding carboxylic acids is 1. The molecule has 2 aromatic heterocycles. The van der Waals surface area contributed by atoms with E-state index in [9.17, 15) is 4.79 Å². The van der Waals surface area contributed by atoms with E-state index in [2.05, 4.69) is 15.3 Å². The predicted molar refractivity (Wildman–Crippen MR) is 105 cm³/mol. The number of carbonyl (C=O) groups is 1. The normalized spacial score (nSPS) is 11.7. The van der Waals surface area contributed by atoms with Crippen molar-refractivity contribution in [2.75, 3.05) is 14.2 Å². The summed E-state index contributed by atoms with van der Waals surface area (Å²) in [4.78, 5) is 21.3. The Morgan fingerprint density at radius 3 is 2.78 bits per heavy atom. The van der Waals surface area contributed by atoms with E-state index in [0.29, 0.717) is 11.5 Å². The highest BCUT2D eigenvalue weighted by molar-refractivity contribution is 7.13. The summed E-state index contributed by atoms with van der Waals surface area (Å²) in [5.41, 5.74) is 2.39. The van der Waals surface area contributed by atoms with Crippen LogP contribution in [0.4, 0.5) is 0 Å². The van der Waals surface area contributed by atoms with E-state index in [4.69, 9.17) is 9.47 Å². The van der Waals surface area contributed by atoms with Gasteiger partial charge in [-0.2, -0.15) is 0 Å². The van der Waals surface area contributed by atoms with Crippen molar-refractivity contribution in [1.82, 2.24) is 15.3 Å². The minimum atomic E-state index is -0.226. The molecule has 0 saturated carbocycles. The summed E-state index contributed by atoms with van der Waals surface area (Å²) < 4.78 is 10.7. The van der Waals surface area contributed by atoms with Crippen LogP contribution in [0, 0.1) is 0 Å². The number of ether oxygens (including phenoxy) is 2. The van der Waals surface area contributed by atoms with Crippen molar-refractivity contribution in [3.8, 4) is 22.2 Å². The molecule has 1 N–H and O–H groups in total. The molecule has 0 fully saturated rings. The predicted octanol–water partition coefficient (Wildman–Crippen LogP) is 3.64. The first-order valence-corrected chi connectivity index (χ1v) is 9.35. The fraction of sp³-hybridized carbons (Fsp3) is 0.250. The molecule has 0 spiro atoms. The summed E-state index contributed by atoms with van der Waals surface area (Å²) in [7, 11) is 3.21. The zero-order valence-electron chi connectivity index (χ0n) is 15.4. The lowest BCUT2D eigenvalue weighted by molar-refractivity contribution is -0.121. The summed E-state index contributed by atoms with van der Waals surface area (Å²) in [6, 6.07) is 11.0. The van der Waals surface area contributed by atoms with Gasteiger partial charge in [-0.1, -0.05) is 6.07 Å². The van der Waals surface area contributed by atoms with Crippen LogP contribution >= 0.6 is 11.3 Å². The van der Waals surface area contributed by atoms with Gasteiger partial charge >= 0.3 is 0 Å². The van der Waals surface area contributed by atoms with Gasteiger partial charge in [-0.05, 0) is 37.3 Å². The molecule has 0 aliphatic carbocycles. The number of benzene rings is 1. The highest BCUT2D eigenvalue weighted by atomic mass is 32.1. The average Bonchev–Trinajstić information content (AvgIpc) is 3.16. The Morgan fingerprint density at radius 2 is 2.07 bits per heavy atom. The lowest BCUT2D eigenvalue weighted by Crippen LogP contribution is -2.28. The van der Waals surface area contributed by atoms with Gasteiger partial charge in [0.25, 0.3) is 0 Å². The lowest BCUT2D eigenvalue weighted by Gasteiger charge is -2.18. The van der Waals surface area contributed by atoms with Gasteiger partial charge in [-0.15, -0.1) is 11.3 Å². The number of hydrogen-bond acceptors (Lipinski definition) is 6. The van der Waals surface area contributed by atoms with Crippen molar-refractivity contribution in [1.29, 1.82) is 0 Å². The summed E-state index contributed by atoms with van der Waals surface area (Å²) in [6.07, 6.45) is 1.94. The number of aromatic nitrogens is 2. The SMILES string of the molecule is COc1ccc(OC)c(C(C)NC(=O)Cc2csc(-c3ccccn3)n2)c1. The van der Waals surface area contributed by atoms with Gasteiger partial charge in [0.1, 0.15) is 16.5 Å². The van der Waals surface area contributed by atoms with Crippen LogP contribution in [0.25, 0.3) is 10.7 Å². The number of amides is 1. The summed E-state index contributed by atoms with van der Waals surface area (Å²) in [5.74, 6) is 1.31. The van der Waals surface area contributed by atoms with Gasteiger partial charge in [0.05, 0.1) is 38.1 Å². The van der Waals surface area contributed by atoms with Crippen molar-refractivity contribution in [2.45, 2.75) is 19.4 Å². The fourth-order valence-electron chi connectivity index (χ4n) is 2.71. The van der Waals surface area contributed by atoms with E-state index in [0.717, 1.165) is 22.0 Å². The van der Waals surface area contributed by atoms with Crippen molar-refractivity contribution in [3.63, 3.8) is 0 Å². The van der Waals surface area contributed by atoms with Crippen molar-refractivity contribution >= 4 is 17.2 Å². The van der Waals surface area contributed by atoms with E-state index >= 15 is 0 Å². The fourth-order valence-corrected chi connectivity index (χ4v) is 3.50. The minimum absolute atomic E-state index is 0.106. The molecule has 6 nitrogen and oxygen atoms in total. The highest BCUT2D eigenvalue weighted by Crippen LogP contribution is 2.29. The van der Waals surface area contributed by atoms with Gasteiger partial charge in [-0.3, -0.25) is 9.78 Å². The minimum Gasteiger partial charge on any atom is -0.497 e. The Balaban J connectivity index is 1.67. The van der Waals surface area contributed by atoms with Crippen LogP contribution < -0.4 is 14.8 Å². The molecule has 0 aliphatic heterocycles. The first-order chi connectivity index (χ1) is 13.1. The summed E-state index contributed by atoms with van der Waals surface area (Å²) in [6.45, 7) is 1.91. The third kappa shape index (κ3) is 4.62. The van der Waals surface area contributed by atoms with E-state index < -0.39 is 0 Å². The third-order valence-corrected chi connectivity index (χ3v) is 4.97. The van der Waals surface area contributed by atoms with Crippen LogP contribution in [-0.2, 0) is 11.2 Å². The van der Waals surface area contributed by atoms with Crippen LogP contribution in [0.15, 0.2) is 48.0 Å². The number of pyridine rings is 1. The van der Waals surface area contributed by atoms with E-state index in [1.807, 2.05) is 48.7 Å². The average molecular weight is 383 g/mol. The molecule has 1 aromatic carbocycles. The molecular formula is C20H21N3O3S. The molecular weight excluding hydrogens is 362 g/mol. The van der Waals surface area contributed by atoms with Gasteiger partial charge in [0, 0.05) is 17.1 Å². The van der Waals surface area contributed by atoms with Crippen molar-refractivity contribution < 1.29 is 14.3 Å². The van der Waals surface area contributed by atoms with Crippen LogP contribution in [0.3, 0.4) is 0 Å². The van der Waals surface area contributed by atoms with Crippen LogP contribution in [-0.4, -0.2) is 30.1 Å². The maximum atomic E-state index is 12.5. The van der Waals surface area contributed by atoms with E-state index in [-0.39, 0.29) is 18.4 Å². The monoisotopic (exact) mass is 383 g/mol. The first-order valence-electron chi connectivity index (χ1n) is 8.47. The second-order valence-corrected chi connectivity index (χ2v) is 6.79. The molecule has 3 aromatic rings. The molecule has 0 saturated heterocycles. The second-order valence-electron chi connectivity index (χ2n) is 5.93. The van der Waals surface area contributed by atoms with Gasteiger partial charge in [0.2, 0.25) is 5.91 Å². The number of methoxy groups -OCH3 is 2. The zero-order valence-corrected chi connectivity index (χ0v) is 16.2. The standard InChI is InChI=1S/C20H21N3O3S/c1-13(16-11-15(25-2)7-8-18(16)26-3)22-19(24)10-14-12-27-20(23-14)17-6-4-5-9-21-17/h4-9,11-13H,10H2,1-3H3,(H,22,24). The highest BCUT2D eigenvalue weighted by Gasteiger charge is 2.16. The summed E-state index contributed by atoms with van der Waals surface area (Å²) >= 11 is 1.48. The topological polar surface area (TPSA) is 73.3 Å². The number of nitrogens with one attached hydrogen (secondary N) is 1. The maximum absolute atomic E-state index is 12.5. The van der Waals surface area contributed by atoms with Crippen LogP contribution in [0.5, 0.6) is 11.5 Å². The maximum Gasteiger partial charge on any atom is 0.226 e. The number of thiazole rings is 1. The molecule has 27 heavy (non-hydrogen) atoms. The molecule has 140 valence electrons. The Morgan fingerprint density at radius 1 is 1.22 bits per heavy atom. The van der Waals surface area contributed by atoms with E-state index in [1.165, 1.54) is 11.3 Å². The van der Waals surface area contributed by atoms with Gasteiger partial charge < -0.3 is 14.8 Å². The van der Waals surface area contributed by atoms with Crippen LogP contribution in [0.2, 0.25) is 0 Å². The lowest BCUT2D eigenvalue weighted by atomic mass is 10.1. The largest absolute Gasteiger partial charge is 0.497 e. The molecule has 3 rings (SSSR count). The molecule has 1 amide bonds. The number of hydrogen-bond donors (Lipinski definition) is 1. The number of nitrogens with zero attached hydrogens (tertiary/aromatic N) is 2. The quantitative estimate of drug-likeness (QED) is 0.674. The molecule has 0 bridgehead atoms. The van der Waals surface area contributed by atoms with E-state index in [1.54, 1.807) is 20.4 Å². The first kappa shape index (κ1) is 18.8. The Kier molecular flexibility index (Phi) is 6.03. The molecule has 1 atom stereocenters. The Hall–Kier alpha value is -2.93. The second kappa shape index (κ2) is 8.64. The van der Waals surface area contributed by atoms with Crippen molar-refractivity contribution in [3.05, 3.63) is 59.2 Å². The van der Waals surface area contributed by atoms with Crippen LogP contribution in [0.1, 0.15) is 24.2 Å². The zero-order chi connectivity index (χ0) is 19.2. The molecule has 2 heterocycles. The summed E-state index contributed by atoms with van der Waals surface area (Å²) in [5, 5.41) is 5.69. The van der Waals surface area contributed by atoms with Crippen molar-refractivity contribution in [2.24, 2.45) is 0 Å². The molecule has 0 aliphatic rings. The molecule has 1 unspecified atom stereocenters. The van der Waals surface area contributed by atoms with Gasteiger partial charge in [0.15, 0.2) is 0 Å². The van der Waals surface area contributed by atoms with Gasteiger partial charge in [-0.25, -0.2) is 4.98 Å². The third-order valence-electron chi connectivity index (χ3n) is 4.06. The molecule has 0 radical (unpaired) electrons.